The molecule has 0 aliphatic heterocycles. The zero-order chi connectivity index (χ0) is 9.02. The molecule has 0 bridgehead atoms. The summed E-state index contributed by atoms with van der Waals surface area (Å²) < 4.78 is 0. The van der Waals surface area contributed by atoms with E-state index in [4.69, 9.17) is 5.11 Å². The maximum absolute atomic E-state index is 10.7. The summed E-state index contributed by atoms with van der Waals surface area (Å²) in [4.78, 5) is 21.1. The molecule has 0 radical (unpaired) electrons. The quantitative estimate of drug-likeness (QED) is 0.671. The summed E-state index contributed by atoms with van der Waals surface area (Å²) in [5.74, 6) is -1.34. The number of Topliss-reactive ketones (excluding diaryl/α,β-unsaturated/α-hetero) is 1. The predicted molar refractivity (Wildman–Crippen MR) is 41.3 cm³/mol. The van der Waals surface area contributed by atoms with E-state index >= 15 is 0 Å². The Bertz CT molecular complexity index is 145. The summed E-state index contributed by atoms with van der Waals surface area (Å²) in [7, 11) is 0. The van der Waals surface area contributed by atoms with Crippen LogP contribution in [0.15, 0.2) is 0 Å². The van der Waals surface area contributed by atoms with Crippen molar-refractivity contribution >= 4 is 11.8 Å². The fourth-order valence-electron chi connectivity index (χ4n) is 0.797. The molecule has 0 aromatic rings. The molecule has 3 nitrogen and oxygen atoms in total. The van der Waals surface area contributed by atoms with Crippen molar-refractivity contribution in [1.29, 1.82) is 0 Å². The average molecular weight is 158 g/mol. The van der Waals surface area contributed by atoms with Crippen LogP contribution in [0, 0.1) is 11.8 Å². The van der Waals surface area contributed by atoms with Crippen LogP contribution in [-0.2, 0) is 9.59 Å². The van der Waals surface area contributed by atoms with Crippen LogP contribution in [0.2, 0.25) is 0 Å². The summed E-state index contributed by atoms with van der Waals surface area (Å²) in [6.07, 6.45) is 0.435. The molecule has 0 aromatic carbocycles. The van der Waals surface area contributed by atoms with Crippen molar-refractivity contribution in [2.24, 2.45) is 11.8 Å². The molecule has 0 unspecified atom stereocenters. The predicted octanol–water partition coefficient (Wildman–Crippen LogP) is 1.32. The zero-order valence-corrected chi connectivity index (χ0v) is 7.13. The number of hydrogen-bond donors (Lipinski definition) is 1. The van der Waals surface area contributed by atoms with Crippen molar-refractivity contribution in [3.8, 4) is 0 Å². The highest BCUT2D eigenvalue weighted by Crippen LogP contribution is 2.12. The fourth-order valence-corrected chi connectivity index (χ4v) is 0.797. The van der Waals surface area contributed by atoms with E-state index in [0.717, 1.165) is 0 Å². The average Bonchev–Trinajstić information content (AvgIpc) is 1.87. The van der Waals surface area contributed by atoms with E-state index in [-0.39, 0.29) is 11.7 Å². The summed E-state index contributed by atoms with van der Waals surface area (Å²) in [5, 5.41) is 8.50. The molecule has 0 aliphatic rings. The van der Waals surface area contributed by atoms with Crippen LogP contribution in [0.1, 0.15) is 27.2 Å². The maximum atomic E-state index is 10.7. The number of hydrogen-bond acceptors (Lipinski definition) is 2. The molecular formula is C8H14O3. The van der Waals surface area contributed by atoms with Gasteiger partial charge in [-0.3, -0.25) is 9.59 Å². The van der Waals surface area contributed by atoms with E-state index < -0.39 is 11.9 Å². The molecule has 0 rings (SSSR count). The van der Waals surface area contributed by atoms with Gasteiger partial charge < -0.3 is 5.11 Å². The number of aliphatic carboxylic acids is 1. The number of ketones is 1. The monoisotopic (exact) mass is 158 g/mol. The van der Waals surface area contributed by atoms with Gasteiger partial charge in [-0.15, -0.1) is 0 Å². The summed E-state index contributed by atoms with van der Waals surface area (Å²) in [5.41, 5.74) is 0. The first-order chi connectivity index (χ1) is 4.95. The number of carboxylic acid groups (broad SMARTS) is 1. The highest BCUT2D eigenvalue weighted by atomic mass is 16.4. The van der Waals surface area contributed by atoms with Gasteiger partial charge in [0, 0.05) is 5.92 Å². The first-order valence-electron chi connectivity index (χ1n) is 3.68. The van der Waals surface area contributed by atoms with Gasteiger partial charge in [-0.25, -0.2) is 0 Å². The van der Waals surface area contributed by atoms with Crippen LogP contribution in [0.25, 0.3) is 0 Å². The smallest absolute Gasteiger partial charge is 0.306 e. The fraction of sp³-hybridized carbons (Fsp3) is 0.750. The molecular weight excluding hydrogens is 144 g/mol. The van der Waals surface area contributed by atoms with Gasteiger partial charge in [0.05, 0.1) is 5.92 Å². The van der Waals surface area contributed by atoms with Crippen LogP contribution in [0.4, 0.5) is 0 Å². The molecule has 0 spiro atoms. The molecule has 64 valence electrons. The minimum absolute atomic E-state index is 0.0538. The van der Waals surface area contributed by atoms with E-state index in [9.17, 15) is 9.59 Å². The normalized spacial score (nSPS) is 15.5. The third kappa shape index (κ3) is 3.75. The number of carbonyl (C=O) groups is 2. The van der Waals surface area contributed by atoms with Gasteiger partial charge in [-0.2, -0.15) is 0 Å². The Morgan fingerprint density at radius 3 is 2.00 bits per heavy atom. The Morgan fingerprint density at radius 1 is 1.27 bits per heavy atom. The van der Waals surface area contributed by atoms with Crippen LogP contribution in [0.3, 0.4) is 0 Å². The maximum Gasteiger partial charge on any atom is 0.306 e. The Balaban J connectivity index is 3.84. The molecule has 3 heteroatoms. The van der Waals surface area contributed by atoms with Crippen molar-refractivity contribution in [3.05, 3.63) is 0 Å². The van der Waals surface area contributed by atoms with Crippen molar-refractivity contribution < 1.29 is 14.7 Å². The van der Waals surface area contributed by atoms with Gasteiger partial charge in [0.15, 0.2) is 0 Å². The van der Waals surface area contributed by atoms with Crippen molar-refractivity contribution in [2.45, 2.75) is 27.2 Å². The lowest BCUT2D eigenvalue weighted by molar-refractivity contribution is -0.141. The second-order valence-electron chi connectivity index (χ2n) is 2.99. The molecule has 2 atom stereocenters. The molecule has 0 amide bonds. The SMILES string of the molecule is CC(=O)[C@H](C)C[C@H](C)C(=O)O. The topological polar surface area (TPSA) is 54.4 Å². The lowest BCUT2D eigenvalue weighted by Crippen LogP contribution is -2.17. The summed E-state index contributed by atoms with van der Waals surface area (Å²) in [6, 6.07) is 0. The van der Waals surface area contributed by atoms with E-state index in [1.807, 2.05) is 0 Å². The van der Waals surface area contributed by atoms with Gasteiger partial charge in [-0.1, -0.05) is 13.8 Å². The molecule has 0 aromatic heterocycles. The third-order valence-corrected chi connectivity index (χ3v) is 1.82. The lowest BCUT2D eigenvalue weighted by Gasteiger charge is -2.09. The van der Waals surface area contributed by atoms with E-state index in [1.54, 1.807) is 13.8 Å². The first-order valence-corrected chi connectivity index (χ1v) is 3.68. The molecule has 0 saturated heterocycles. The highest BCUT2D eigenvalue weighted by molar-refractivity contribution is 5.79. The van der Waals surface area contributed by atoms with Crippen molar-refractivity contribution in [3.63, 3.8) is 0 Å². The van der Waals surface area contributed by atoms with Crippen LogP contribution in [0.5, 0.6) is 0 Å². The summed E-state index contributed by atoms with van der Waals surface area (Å²) in [6.45, 7) is 4.85. The molecule has 0 fully saturated rings. The standard InChI is InChI=1S/C8H14O3/c1-5(7(3)9)4-6(2)8(10)11/h5-6H,4H2,1-3H3,(H,10,11)/t5-,6+/m1/s1. The second kappa shape index (κ2) is 4.11. The highest BCUT2D eigenvalue weighted by Gasteiger charge is 2.17. The third-order valence-electron chi connectivity index (χ3n) is 1.82. The van der Waals surface area contributed by atoms with Crippen LogP contribution >= 0.6 is 0 Å². The van der Waals surface area contributed by atoms with Crippen molar-refractivity contribution in [2.75, 3.05) is 0 Å². The van der Waals surface area contributed by atoms with Gasteiger partial charge in [0.25, 0.3) is 0 Å². The van der Waals surface area contributed by atoms with Crippen molar-refractivity contribution in [1.82, 2.24) is 0 Å². The Hall–Kier alpha value is -0.860. The van der Waals surface area contributed by atoms with Gasteiger partial charge in [-0.05, 0) is 13.3 Å². The number of rotatable bonds is 4. The Morgan fingerprint density at radius 2 is 1.73 bits per heavy atom. The van der Waals surface area contributed by atoms with Crippen LogP contribution in [-0.4, -0.2) is 16.9 Å². The van der Waals surface area contributed by atoms with Gasteiger partial charge in [0.1, 0.15) is 5.78 Å². The second-order valence-corrected chi connectivity index (χ2v) is 2.99. The number of carbonyl (C=O) groups excluding carboxylic acids is 1. The molecule has 0 aliphatic carbocycles. The molecule has 0 heterocycles. The van der Waals surface area contributed by atoms with Gasteiger partial charge in [0.2, 0.25) is 0 Å². The molecule has 1 N–H and O–H groups in total. The number of carboxylic acids is 1. The summed E-state index contributed by atoms with van der Waals surface area (Å²) >= 11 is 0. The Kier molecular flexibility index (Phi) is 3.79. The van der Waals surface area contributed by atoms with E-state index in [1.165, 1.54) is 6.92 Å². The largest absolute Gasteiger partial charge is 0.481 e. The van der Waals surface area contributed by atoms with Crippen LogP contribution < -0.4 is 0 Å². The van der Waals surface area contributed by atoms with Gasteiger partial charge >= 0.3 is 5.97 Å². The zero-order valence-electron chi connectivity index (χ0n) is 7.13. The van der Waals surface area contributed by atoms with E-state index in [0.29, 0.717) is 6.42 Å². The minimum Gasteiger partial charge on any atom is -0.481 e. The Labute approximate surface area is 66.4 Å². The first kappa shape index (κ1) is 10.1. The molecule has 11 heavy (non-hydrogen) atoms. The lowest BCUT2D eigenvalue weighted by atomic mass is 9.95. The van der Waals surface area contributed by atoms with E-state index in [2.05, 4.69) is 0 Å². The minimum atomic E-state index is -0.835. The molecule has 0 saturated carbocycles.